The van der Waals surface area contributed by atoms with Crippen LogP contribution in [0.4, 0.5) is 5.69 Å². The summed E-state index contributed by atoms with van der Waals surface area (Å²) in [6.45, 7) is 1.85. The van der Waals surface area contributed by atoms with Crippen molar-refractivity contribution in [3.8, 4) is 0 Å². The average Bonchev–Trinajstić information content (AvgIpc) is 2.46. The van der Waals surface area contributed by atoms with Crippen molar-refractivity contribution in [2.45, 2.75) is 13.3 Å². The van der Waals surface area contributed by atoms with Gasteiger partial charge in [-0.3, -0.25) is 19.7 Å². The molecule has 0 saturated heterocycles. The molecular weight excluding hydrogens is 302 g/mol. The molecule has 1 aromatic heterocycles. The fourth-order valence-electron chi connectivity index (χ4n) is 1.60. The van der Waals surface area contributed by atoms with Crippen molar-refractivity contribution in [2.75, 3.05) is 20.2 Å². The van der Waals surface area contributed by atoms with Crippen LogP contribution in [0.25, 0.3) is 0 Å². The van der Waals surface area contributed by atoms with Crippen LogP contribution in [0, 0.1) is 10.1 Å². The standard InChI is InChI=1S/C12H14ClN3O5/c1-3-4-15(7-10(17)21-2)12(18)9-5-8(16(19)20)6-14-11(9)13/h5-6H,3-4,7H2,1-2H3. The summed E-state index contributed by atoms with van der Waals surface area (Å²) in [6.07, 6.45) is 1.56. The number of ether oxygens (including phenoxy) is 1. The van der Waals surface area contributed by atoms with Crippen molar-refractivity contribution in [1.29, 1.82) is 0 Å². The molecule has 0 unspecified atom stereocenters. The minimum atomic E-state index is -0.676. The summed E-state index contributed by atoms with van der Waals surface area (Å²) in [4.78, 5) is 38.6. The van der Waals surface area contributed by atoms with E-state index in [-0.39, 0.29) is 29.5 Å². The van der Waals surface area contributed by atoms with Gasteiger partial charge in [0.1, 0.15) is 17.9 Å². The van der Waals surface area contributed by atoms with Gasteiger partial charge in [0.25, 0.3) is 11.6 Å². The molecule has 0 radical (unpaired) electrons. The van der Waals surface area contributed by atoms with E-state index in [9.17, 15) is 19.7 Å². The molecule has 21 heavy (non-hydrogen) atoms. The zero-order chi connectivity index (χ0) is 16.0. The van der Waals surface area contributed by atoms with Crippen LogP contribution < -0.4 is 0 Å². The third-order valence-electron chi connectivity index (χ3n) is 2.59. The predicted molar refractivity (Wildman–Crippen MR) is 74.1 cm³/mol. The van der Waals surface area contributed by atoms with Crippen LogP contribution in [-0.4, -0.2) is 46.9 Å². The van der Waals surface area contributed by atoms with Gasteiger partial charge in [-0.25, -0.2) is 4.98 Å². The number of carbonyl (C=O) groups excluding carboxylic acids is 2. The molecule has 1 heterocycles. The molecule has 0 aromatic carbocycles. The molecular formula is C12H14ClN3O5. The molecule has 0 aliphatic rings. The lowest BCUT2D eigenvalue weighted by atomic mass is 10.2. The van der Waals surface area contributed by atoms with E-state index in [2.05, 4.69) is 9.72 Å². The van der Waals surface area contributed by atoms with E-state index in [0.717, 1.165) is 12.3 Å². The minimum Gasteiger partial charge on any atom is -0.468 e. The number of esters is 1. The van der Waals surface area contributed by atoms with Gasteiger partial charge >= 0.3 is 5.97 Å². The summed E-state index contributed by atoms with van der Waals surface area (Å²) in [7, 11) is 1.21. The zero-order valence-corrected chi connectivity index (χ0v) is 12.3. The predicted octanol–water partition coefficient (Wildman–Crippen LogP) is 1.67. The molecule has 0 atom stereocenters. The Morgan fingerprint density at radius 2 is 2.19 bits per heavy atom. The van der Waals surface area contributed by atoms with Crippen LogP contribution in [0.1, 0.15) is 23.7 Å². The molecule has 1 aromatic rings. The molecule has 0 aliphatic carbocycles. The monoisotopic (exact) mass is 315 g/mol. The normalized spacial score (nSPS) is 10.0. The Morgan fingerprint density at radius 3 is 2.71 bits per heavy atom. The van der Waals surface area contributed by atoms with E-state index in [4.69, 9.17) is 11.6 Å². The minimum absolute atomic E-state index is 0.122. The second-order valence-electron chi connectivity index (χ2n) is 4.09. The Morgan fingerprint density at radius 1 is 1.52 bits per heavy atom. The van der Waals surface area contributed by atoms with Crippen molar-refractivity contribution in [2.24, 2.45) is 0 Å². The molecule has 114 valence electrons. The summed E-state index contributed by atoms with van der Waals surface area (Å²) in [5.74, 6) is -1.20. The summed E-state index contributed by atoms with van der Waals surface area (Å²) >= 11 is 5.81. The van der Waals surface area contributed by atoms with E-state index in [0.29, 0.717) is 6.42 Å². The Bertz CT molecular complexity index is 564. The van der Waals surface area contributed by atoms with E-state index < -0.39 is 16.8 Å². The maximum atomic E-state index is 12.4. The molecule has 0 bridgehead atoms. The van der Waals surface area contributed by atoms with Gasteiger partial charge in [0, 0.05) is 12.6 Å². The number of rotatable bonds is 6. The third kappa shape index (κ3) is 4.38. The molecule has 1 rings (SSSR count). The van der Waals surface area contributed by atoms with Gasteiger partial charge in [-0.05, 0) is 6.42 Å². The maximum Gasteiger partial charge on any atom is 0.325 e. The lowest BCUT2D eigenvalue weighted by molar-refractivity contribution is -0.385. The SMILES string of the molecule is CCCN(CC(=O)OC)C(=O)c1cc([N+](=O)[O-])cnc1Cl. The fraction of sp³-hybridized carbons (Fsp3) is 0.417. The Hall–Kier alpha value is -2.22. The average molecular weight is 316 g/mol. The van der Waals surface area contributed by atoms with E-state index >= 15 is 0 Å². The fourth-order valence-corrected chi connectivity index (χ4v) is 1.78. The molecule has 0 N–H and O–H groups in total. The van der Waals surface area contributed by atoms with Crippen LogP contribution in [0.15, 0.2) is 12.3 Å². The van der Waals surface area contributed by atoms with Gasteiger partial charge in [0.2, 0.25) is 0 Å². The van der Waals surface area contributed by atoms with Crippen LogP contribution in [0.2, 0.25) is 5.15 Å². The quantitative estimate of drug-likeness (QED) is 0.342. The van der Waals surface area contributed by atoms with Crippen molar-refractivity contribution in [1.82, 2.24) is 9.88 Å². The zero-order valence-electron chi connectivity index (χ0n) is 11.5. The first kappa shape index (κ1) is 16.8. The van der Waals surface area contributed by atoms with Gasteiger partial charge in [0.05, 0.1) is 17.6 Å². The van der Waals surface area contributed by atoms with E-state index in [1.54, 1.807) is 0 Å². The topological polar surface area (TPSA) is 103 Å². The number of pyridine rings is 1. The van der Waals surface area contributed by atoms with Crippen molar-refractivity contribution >= 4 is 29.2 Å². The van der Waals surface area contributed by atoms with E-state index in [1.165, 1.54) is 12.0 Å². The molecule has 0 fully saturated rings. The number of hydrogen-bond donors (Lipinski definition) is 0. The molecule has 8 nitrogen and oxygen atoms in total. The number of methoxy groups -OCH3 is 1. The number of amides is 1. The van der Waals surface area contributed by atoms with Crippen molar-refractivity contribution < 1.29 is 19.2 Å². The Kier molecular flexibility index (Phi) is 6.04. The van der Waals surface area contributed by atoms with Crippen LogP contribution >= 0.6 is 11.6 Å². The third-order valence-corrected chi connectivity index (χ3v) is 2.90. The van der Waals surface area contributed by atoms with Crippen LogP contribution in [-0.2, 0) is 9.53 Å². The second kappa shape index (κ2) is 7.53. The number of hydrogen-bond acceptors (Lipinski definition) is 6. The summed E-state index contributed by atoms with van der Waals surface area (Å²) < 4.78 is 4.52. The second-order valence-corrected chi connectivity index (χ2v) is 4.45. The highest BCUT2D eigenvalue weighted by atomic mass is 35.5. The largest absolute Gasteiger partial charge is 0.468 e. The van der Waals surface area contributed by atoms with E-state index in [1.807, 2.05) is 6.92 Å². The molecule has 0 aliphatic heterocycles. The summed E-state index contributed by atoms with van der Waals surface area (Å²) in [6, 6.07) is 1.04. The number of nitrogens with zero attached hydrogens (tertiary/aromatic N) is 3. The Balaban J connectivity index is 3.10. The first-order valence-corrected chi connectivity index (χ1v) is 6.44. The van der Waals surface area contributed by atoms with Gasteiger partial charge in [0.15, 0.2) is 0 Å². The highest BCUT2D eigenvalue weighted by Gasteiger charge is 2.23. The Labute approximate surface area is 125 Å². The molecule has 0 saturated carbocycles. The highest BCUT2D eigenvalue weighted by molar-refractivity contribution is 6.32. The molecule has 9 heteroatoms. The summed E-state index contributed by atoms with van der Waals surface area (Å²) in [5.41, 5.74) is -0.472. The van der Waals surface area contributed by atoms with Gasteiger partial charge in [-0.2, -0.15) is 0 Å². The van der Waals surface area contributed by atoms with Gasteiger partial charge in [-0.1, -0.05) is 18.5 Å². The lowest BCUT2D eigenvalue weighted by Crippen LogP contribution is -2.37. The van der Waals surface area contributed by atoms with Gasteiger partial charge < -0.3 is 9.64 Å². The number of aromatic nitrogens is 1. The van der Waals surface area contributed by atoms with Crippen molar-refractivity contribution in [3.05, 3.63) is 33.1 Å². The van der Waals surface area contributed by atoms with Crippen LogP contribution in [0.5, 0.6) is 0 Å². The lowest BCUT2D eigenvalue weighted by Gasteiger charge is -2.20. The van der Waals surface area contributed by atoms with Gasteiger partial charge in [-0.15, -0.1) is 0 Å². The summed E-state index contributed by atoms with van der Waals surface area (Å²) in [5, 5.41) is 10.6. The number of halogens is 1. The molecule has 1 amide bonds. The highest BCUT2D eigenvalue weighted by Crippen LogP contribution is 2.20. The van der Waals surface area contributed by atoms with Crippen molar-refractivity contribution in [3.63, 3.8) is 0 Å². The first-order chi connectivity index (χ1) is 9.90. The first-order valence-electron chi connectivity index (χ1n) is 6.06. The smallest absolute Gasteiger partial charge is 0.325 e. The van der Waals surface area contributed by atoms with Crippen LogP contribution in [0.3, 0.4) is 0 Å². The maximum absolute atomic E-state index is 12.4. The number of nitro groups is 1. The molecule has 0 spiro atoms. The number of carbonyl (C=O) groups is 2.